The molecule has 2 atom stereocenters. The van der Waals surface area contributed by atoms with Gasteiger partial charge in [0.2, 0.25) is 0 Å². The smallest absolute Gasteiger partial charge is 0.310 e. The Morgan fingerprint density at radius 2 is 1.94 bits per heavy atom. The van der Waals surface area contributed by atoms with Gasteiger partial charge in [-0.3, -0.25) is 4.79 Å². The zero-order chi connectivity index (χ0) is 13.0. The van der Waals surface area contributed by atoms with Crippen molar-refractivity contribution in [2.45, 2.75) is 10.3 Å². The van der Waals surface area contributed by atoms with Crippen LogP contribution >= 0.6 is 34.8 Å². The van der Waals surface area contributed by atoms with Gasteiger partial charge in [0.05, 0.1) is 0 Å². The normalized spacial score (nSPS) is 25.7. The minimum atomic E-state index is -1.59. The van der Waals surface area contributed by atoms with Crippen LogP contribution < -0.4 is 0 Å². The van der Waals surface area contributed by atoms with E-state index in [0.717, 1.165) is 12.1 Å². The van der Waals surface area contributed by atoms with Gasteiger partial charge in [0, 0.05) is 5.92 Å². The van der Waals surface area contributed by atoms with Gasteiger partial charge in [0.15, 0.2) is 0 Å². The third-order valence-corrected chi connectivity index (χ3v) is 4.01. The van der Waals surface area contributed by atoms with E-state index in [1.165, 1.54) is 0 Å². The molecule has 0 bridgehead atoms. The first kappa shape index (κ1) is 12.9. The van der Waals surface area contributed by atoms with Gasteiger partial charge >= 0.3 is 5.97 Å². The number of carbonyl (C=O) groups is 1. The van der Waals surface area contributed by atoms with Crippen molar-refractivity contribution in [3.63, 3.8) is 0 Å². The van der Waals surface area contributed by atoms with E-state index in [1.54, 1.807) is 0 Å². The molecule has 1 N–H and O–H groups in total. The molecule has 1 aromatic rings. The molecule has 0 aromatic heterocycles. The van der Waals surface area contributed by atoms with E-state index >= 15 is 0 Å². The lowest BCUT2D eigenvalue weighted by atomic mass is 10.1. The number of rotatable bonds is 2. The van der Waals surface area contributed by atoms with Crippen molar-refractivity contribution in [3.8, 4) is 0 Å². The second kappa shape index (κ2) is 3.97. The highest BCUT2D eigenvalue weighted by Crippen LogP contribution is 2.65. The average Bonchev–Trinajstić information content (AvgIpc) is 2.78. The van der Waals surface area contributed by atoms with Crippen LogP contribution in [0.1, 0.15) is 11.5 Å². The minimum Gasteiger partial charge on any atom is -0.481 e. The molecular formula is C10H5Cl3F2O2. The van der Waals surface area contributed by atoms with E-state index in [4.69, 9.17) is 39.9 Å². The number of carboxylic acids is 1. The molecule has 0 heterocycles. The summed E-state index contributed by atoms with van der Waals surface area (Å²) in [7, 11) is 0. The van der Waals surface area contributed by atoms with Gasteiger partial charge in [-0.2, -0.15) is 0 Å². The van der Waals surface area contributed by atoms with Gasteiger partial charge in [0.25, 0.3) is 0 Å². The summed E-state index contributed by atoms with van der Waals surface area (Å²) >= 11 is 16.9. The predicted octanol–water partition coefficient (Wildman–Crippen LogP) is 3.59. The number of hydrogen-bond donors (Lipinski definition) is 1. The Hall–Kier alpha value is -0.580. The summed E-state index contributed by atoms with van der Waals surface area (Å²) in [6.45, 7) is 0. The molecule has 0 spiro atoms. The van der Waals surface area contributed by atoms with Crippen LogP contribution in [-0.4, -0.2) is 15.4 Å². The van der Waals surface area contributed by atoms with Gasteiger partial charge in [0.1, 0.15) is 26.9 Å². The first-order valence-corrected chi connectivity index (χ1v) is 5.66. The number of hydrogen-bond acceptors (Lipinski definition) is 1. The zero-order valence-electron chi connectivity index (χ0n) is 8.05. The lowest BCUT2D eigenvalue weighted by Crippen LogP contribution is -2.03. The van der Waals surface area contributed by atoms with Crippen molar-refractivity contribution in [3.05, 3.63) is 34.4 Å². The third-order valence-electron chi connectivity index (χ3n) is 2.72. The van der Waals surface area contributed by atoms with Crippen LogP contribution in [0.15, 0.2) is 12.1 Å². The Balaban J connectivity index is 2.44. The van der Waals surface area contributed by atoms with Crippen LogP contribution in [0.4, 0.5) is 8.78 Å². The first-order valence-electron chi connectivity index (χ1n) is 4.52. The molecule has 1 fully saturated rings. The fourth-order valence-corrected chi connectivity index (χ4v) is 2.77. The van der Waals surface area contributed by atoms with E-state index in [2.05, 4.69) is 0 Å². The van der Waals surface area contributed by atoms with Crippen molar-refractivity contribution in [2.24, 2.45) is 5.92 Å². The molecule has 1 saturated carbocycles. The van der Waals surface area contributed by atoms with Crippen LogP contribution in [0, 0.1) is 17.6 Å². The summed E-state index contributed by atoms with van der Waals surface area (Å²) in [6, 6.07) is 2.05. The van der Waals surface area contributed by atoms with Gasteiger partial charge in [-0.05, 0) is 11.6 Å². The summed E-state index contributed by atoms with van der Waals surface area (Å²) in [4.78, 5) is 10.8. The van der Waals surface area contributed by atoms with Gasteiger partial charge in [-0.1, -0.05) is 40.9 Å². The fraction of sp³-hybridized carbons (Fsp3) is 0.300. The summed E-state index contributed by atoms with van der Waals surface area (Å²) in [6.07, 6.45) is 0. The maximum absolute atomic E-state index is 13.7. The number of halogens is 5. The van der Waals surface area contributed by atoms with E-state index in [-0.39, 0.29) is 5.56 Å². The highest BCUT2D eigenvalue weighted by atomic mass is 35.5. The second-order valence-corrected chi connectivity index (χ2v) is 5.55. The molecule has 92 valence electrons. The molecule has 7 heteroatoms. The van der Waals surface area contributed by atoms with Crippen molar-refractivity contribution >= 4 is 40.8 Å². The highest BCUT2D eigenvalue weighted by molar-refractivity contribution is 6.53. The van der Waals surface area contributed by atoms with Crippen molar-refractivity contribution < 1.29 is 18.7 Å². The molecule has 1 aromatic carbocycles. The molecule has 17 heavy (non-hydrogen) atoms. The lowest BCUT2D eigenvalue weighted by Gasteiger charge is -2.04. The molecule has 0 unspecified atom stereocenters. The number of benzene rings is 1. The Labute approximate surface area is 110 Å². The Morgan fingerprint density at radius 3 is 2.41 bits per heavy atom. The summed E-state index contributed by atoms with van der Waals surface area (Å²) in [5, 5.41) is 8.15. The lowest BCUT2D eigenvalue weighted by molar-refractivity contribution is -0.138. The van der Waals surface area contributed by atoms with E-state index in [1.807, 2.05) is 0 Å². The van der Waals surface area contributed by atoms with E-state index in [0.29, 0.717) is 0 Å². The number of alkyl halides is 2. The topological polar surface area (TPSA) is 37.3 Å². The molecule has 1 aliphatic rings. The molecule has 2 nitrogen and oxygen atoms in total. The van der Waals surface area contributed by atoms with Crippen molar-refractivity contribution in [1.29, 1.82) is 0 Å². The molecule has 0 aliphatic heterocycles. The SMILES string of the molecule is O=C(O)[C@H]1[C@H](c2ccc(F)c(Cl)c2F)C1(Cl)Cl. The quantitative estimate of drug-likeness (QED) is 0.669. The van der Waals surface area contributed by atoms with Crippen LogP contribution in [-0.2, 0) is 4.79 Å². The molecular weight excluding hydrogens is 296 g/mol. The second-order valence-electron chi connectivity index (χ2n) is 3.73. The van der Waals surface area contributed by atoms with E-state index < -0.39 is 38.8 Å². The van der Waals surface area contributed by atoms with Gasteiger partial charge in [-0.15, -0.1) is 0 Å². The van der Waals surface area contributed by atoms with E-state index in [9.17, 15) is 13.6 Å². The molecule has 0 radical (unpaired) electrons. The maximum Gasteiger partial charge on any atom is 0.310 e. The number of carboxylic acid groups (broad SMARTS) is 1. The van der Waals surface area contributed by atoms with Gasteiger partial charge < -0.3 is 5.11 Å². The molecule has 0 saturated heterocycles. The molecule has 2 rings (SSSR count). The third kappa shape index (κ3) is 1.88. The standard InChI is InChI=1S/C10H5Cl3F2O2/c11-7-4(14)2-1-3(8(7)15)5-6(9(16)17)10(5,12)13/h1-2,5-6H,(H,16,17)/t5-,6+/m0/s1. The van der Waals surface area contributed by atoms with Gasteiger partial charge in [-0.25, -0.2) is 8.78 Å². The minimum absolute atomic E-state index is 0.0891. The Morgan fingerprint density at radius 1 is 1.35 bits per heavy atom. The maximum atomic E-state index is 13.7. The molecule has 1 aliphatic carbocycles. The summed E-state index contributed by atoms with van der Waals surface area (Å²) < 4.78 is 25.0. The fourth-order valence-electron chi connectivity index (χ4n) is 1.80. The average molecular weight is 302 g/mol. The Kier molecular flexibility index (Phi) is 3.00. The van der Waals surface area contributed by atoms with Crippen LogP contribution in [0.25, 0.3) is 0 Å². The monoisotopic (exact) mass is 300 g/mol. The van der Waals surface area contributed by atoms with Crippen molar-refractivity contribution in [1.82, 2.24) is 0 Å². The van der Waals surface area contributed by atoms with Crippen molar-refractivity contribution in [2.75, 3.05) is 0 Å². The summed E-state index contributed by atoms with van der Waals surface area (Å²) in [5.41, 5.74) is -0.0891. The summed E-state index contributed by atoms with van der Waals surface area (Å²) in [5.74, 6) is -5.23. The first-order chi connectivity index (χ1) is 7.78. The largest absolute Gasteiger partial charge is 0.481 e. The van der Waals surface area contributed by atoms with Crippen LogP contribution in [0.2, 0.25) is 5.02 Å². The Bertz CT molecular complexity index is 505. The zero-order valence-corrected chi connectivity index (χ0v) is 10.3. The predicted molar refractivity (Wildman–Crippen MR) is 59.7 cm³/mol. The van der Waals surface area contributed by atoms with Crippen LogP contribution in [0.5, 0.6) is 0 Å². The highest BCUT2D eigenvalue weighted by Gasteiger charge is 2.68. The molecule has 0 amide bonds. The number of aliphatic carboxylic acids is 1. The van der Waals surface area contributed by atoms with Crippen LogP contribution in [0.3, 0.4) is 0 Å².